The number of hydrogen-bond acceptors (Lipinski definition) is 4. The minimum Gasteiger partial charge on any atom is -0.497 e. The van der Waals surface area contributed by atoms with Crippen LogP contribution in [0.15, 0.2) is 24.3 Å². The molecule has 0 saturated carbocycles. The lowest BCUT2D eigenvalue weighted by Crippen LogP contribution is -2.33. The first-order valence-corrected chi connectivity index (χ1v) is 7.00. The standard InChI is InChI=1S/C14H19NO4S/c1-9(20-14(2,3)13(17)18)12(16)15-10-5-7-11(19-4)8-6-10/h5-9H,1-4H3,(H,15,16)(H,17,18). The zero-order valence-electron chi connectivity index (χ0n) is 12.0. The first-order valence-electron chi connectivity index (χ1n) is 6.12. The summed E-state index contributed by atoms with van der Waals surface area (Å²) in [5, 5.41) is 11.3. The third-order valence-corrected chi connectivity index (χ3v) is 4.04. The molecule has 20 heavy (non-hydrogen) atoms. The highest BCUT2D eigenvalue weighted by atomic mass is 32.2. The van der Waals surface area contributed by atoms with E-state index in [0.717, 1.165) is 11.8 Å². The maximum atomic E-state index is 12.0. The van der Waals surface area contributed by atoms with Crippen LogP contribution in [-0.4, -0.2) is 34.1 Å². The van der Waals surface area contributed by atoms with Crippen LogP contribution < -0.4 is 10.1 Å². The molecule has 0 aliphatic heterocycles. The highest BCUT2D eigenvalue weighted by Crippen LogP contribution is 2.29. The van der Waals surface area contributed by atoms with Gasteiger partial charge in [-0.15, -0.1) is 11.8 Å². The number of benzene rings is 1. The second kappa shape index (κ2) is 6.65. The molecule has 1 aromatic carbocycles. The van der Waals surface area contributed by atoms with E-state index < -0.39 is 16.0 Å². The lowest BCUT2D eigenvalue weighted by atomic mass is 10.2. The van der Waals surface area contributed by atoms with Gasteiger partial charge in [0.25, 0.3) is 0 Å². The van der Waals surface area contributed by atoms with Gasteiger partial charge in [-0.25, -0.2) is 0 Å². The van der Waals surface area contributed by atoms with E-state index in [1.54, 1.807) is 52.1 Å². The average Bonchev–Trinajstić information content (AvgIpc) is 2.38. The van der Waals surface area contributed by atoms with Gasteiger partial charge >= 0.3 is 5.97 Å². The van der Waals surface area contributed by atoms with Gasteiger partial charge in [0.1, 0.15) is 10.5 Å². The van der Waals surface area contributed by atoms with E-state index in [2.05, 4.69) is 5.32 Å². The number of hydrogen-bond donors (Lipinski definition) is 2. The fraction of sp³-hybridized carbons (Fsp3) is 0.429. The van der Waals surface area contributed by atoms with Gasteiger partial charge in [-0.1, -0.05) is 0 Å². The summed E-state index contributed by atoms with van der Waals surface area (Å²) < 4.78 is 4.03. The number of methoxy groups -OCH3 is 1. The summed E-state index contributed by atoms with van der Waals surface area (Å²) in [6, 6.07) is 6.95. The maximum absolute atomic E-state index is 12.0. The second-order valence-corrected chi connectivity index (χ2v) is 6.76. The molecule has 0 bridgehead atoms. The monoisotopic (exact) mass is 297 g/mol. The van der Waals surface area contributed by atoms with Crippen molar-refractivity contribution in [2.45, 2.75) is 30.8 Å². The molecule has 0 aliphatic rings. The van der Waals surface area contributed by atoms with Crippen molar-refractivity contribution in [2.24, 2.45) is 0 Å². The van der Waals surface area contributed by atoms with Gasteiger partial charge in [0, 0.05) is 5.69 Å². The molecule has 0 aliphatic carbocycles. The Balaban J connectivity index is 2.63. The predicted octanol–water partition coefficient (Wildman–Crippen LogP) is 2.62. The lowest BCUT2D eigenvalue weighted by Gasteiger charge is -2.22. The van der Waals surface area contributed by atoms with Gasteiger partial charge in [0.2, 0.25) is 5.91 Å². The molecular weight excluding hydrogens is 278 g/mol. The number of carbonyl (C=O) groups is 2. The molecule has 0 spiro atoms. The van der Waals surface area contributed by atoms with Gasteiger partial charge in [0.15, 0.2) is 0 Å². The molecule has 110 valence electrons. The quantitative estimate of drug-likeness (QED) is 0.844. The Bertz CT molecular complexity index is 484. The smallest absolute Gasteiger partial charge is 0.319 e. The van der Waals surface area contributed by atoms with Crippen LogP contribution in [0.2, 0.25) is 0 Å². The Kier molecular flexibility index (Phi) is 5.44. The number of rotatable bonds is 6. The zero-order valence-corrected chi connectivity index (χ0v) is 12.8. The molecule has 1 amide bonds. The minimum atomic E-state index is -1.00. The van der Waals surface area contributed by atoms with Gasteiger partial charge in [-0.05, 0) is 45.0 Å². The Labute approximate surface area is 122 Å². The highest BCUT2D eigenvalue weighted by Gasteiger charge is 2.32. The number of thioether (sulfide) groups is 1. The minimum absolute atomic E-state index is 0.227. The van der Waals surface area contributed by atoms with Crippen LogP contribution >= 0.6 is 11.8 Å². The van der Waals surface area contributed by atoms with Crippen molar-refractivity contribution in [3.8, 4) is 5.75 Å². The average molecular weight is 297 g/mol. The van der Waals surface area contributed by atoms with Crippen LogP contribution in [0, 0.1) is 0 Å². The molecule has 2 N–H and O–H groups in total. The van der Waals surface area contributed by atoms with E-state index in [9.17, 15) is 9.59 Å². The molecule has 1 aromatic rings. The van der Waals surface area contributed by atoms with Gasteiger partial charge in [0.05, 0.1) is 12.4 Å². The largest absolute Gasteiger partial charge is 0.497 e. The fourth-order valence-corrected chi connectivity index (χ4v) is 2.61. The van der Waals surface area contributed by atoms with Crippen LogP contribution in [0.5, 0.6) is 5.75 Å². The third-order valence-electron chi connectivity index (χ3n) is 2.71. The van der Waals surface area contributed by atoms with Crippen molar-refractivity contribution in [2.75, 3.05) is 12.4 Å². The molecule has 0 saturated heterocycles. The Morgan fingerprint density at radius 2 is 1.85 bits per heavy atom. The zero-order chi connectivity index (χ0) is 15.3. The molecule has 1 atom stereocenters. The van der Waals surface area contributed by atoms with Gasteiger partial charge < -0.3 is 15.2 Å². The van der Waals surface area contributed by atoms with Crippen LogP contribution in [-0.2, 0) is 9.59 Å². The summed E-state index contributed by atoms with van der Waals surface area (Å²) >= 11 is 1.11. The van der Waals surface area contributed by atoms with E-state index in [4.69, 9.17) is 9.84 Å². The van der Waals surface area contributed by atoms with E-state index >= 15 is 0 Å². The molecule has 0 heterocycles. The predicted molar refractivity (Wildman–Crippen MR) is 80.4 cm³/mol. The summed E-state index contributed by atoms with van der Waals surface area (Å²) in [7, 11) is 1.57. The number of carboxylic acids is 1. The molecule has 1 rings (SSSR count). The van der Waals surface area contributed by atoms with E-state index in [1.807, 2.05) is 0 Å². The van der Waals surface area contributed by atoms with Crippen molar-refractivity contribution >= 4 is 29.3 Å². The van der Waals surface area contributed by atoms with E-state index in [0.29, 0.717) is 11.4 Å². The Hall–Kier alpha value is -1.69. The molecule has 0 fully saturated rings. The number of amides is 1. The first-order chi connectivity index (χ1) is 9.26. The summed E-state index contributed by atoms with van der Waals surface area (Å²) in [6.45, 7) is 4.85. The molecule has 5 nitrogen and oxygen atoms in total. The van der Waals surface area contributed by atoms with Crippen molar-refractivity contribution in [3.05, 3.63) is 24.3 Å². The van der Waals surface area contributed by atoms with E-state index in [-0.39, 0.29) is 5.91 Å². The topological polar surface area (TPSA) is 75.6 Å². The molecular formula is C14H19NO4S. The summed E-state index contributed by atoms with van der Waals surface area (Å²) in [4.78, 5) is 23.1. The van der Waals surface area contributed by atoms with Crippen molar-refractivity contribution in [1.29, 1.82) is 0 Å². The van der Waals surface area contributed by atoms with Crippen LogP contribution in [0.4, 0.5) is 5.69 Å². The summed E-state index contributed by atoms with van der Waals surface area (Å²) in [5.74, 6) is -0.460. The van der Waals surface area contributed by atoms with Crippen molar-refractivity contribution in [3.63, 3.8) is 0 Å². The Morgan fingerprint density at radius 3 is 2.30 bits per heavy atom. The number of carboxylic acid groups (broad SMARTS) is 1. The van der Waals surface area contributed by atoms with Crippen molar-refractivity contribution in [1.82, 2.24) is 0 Å². The van der Waals surface area contributed by atoms with E-state index in [1.165, 1.54) is 0 Å². The van der Waals surface area contributed by atoms with Crippen molar-refractivity contribution < 1.29 is 19.4 Å². The van der Waals surface area contributed by atoms with Gasteiger partial charge in [-0.2, -0.15) is 0 Å². The van der Waals surface area contributed by atoms with Crippen LogP contribution in [0.1, 0.15) is 20.8 Å². The Morgan fingerprint density at radius 1 is 1.30 bits per heavy atom. The van der Waals surface area contributed by atoms with Gasteiger partial charge in [-0.3, -0.25) is 9.59 Å². The fourth-order valence-electron chi connectivity index (χ4n) is 1.46. The number of anilines is 1. The number of aliphatic carboxylic acids is 1. The maximum Gasteiger partial charge on any atom is 0.319 e. The summed E-state index contributed by atoms with van der Waals surface area (Å²) in [6.07, 6.45) is 0. The number of carbonyl (C=O) groups excluding carboxylic acids is 1. The summed E-state index contributed by atoms with van der Waals surface area (Å²) in [5.41, 5.74) is 0.649. The van der Waals surface area contributed by atoms with Crippen LogP contribution in [0.3, 0.4) is 0 Å². The number of nitrogens with one attached hydrogen (secondary N) is 1. The lowest BCUT2D eigenvalue weighted by molar-refractivity contribution is -0.138. The first kappa shape index (κ1) is 16.4. The highest BCUT2D eigenvalue weighted by molar-refractivity contribution is 8.02. The molecule has 0 radical (unpaired) electrons. The van der Waals surface area contributed by atoms with Crippen LogP contribution in [0.25, 0.3) is 0 Å². The number of ether oxygens (including phenoxy) is 1. The SMILES string of the molecule is COc1ccc(NC(=O)C(C)SC(C)(C)C(=O)O)cc1. The normalized spacial score (nSPS) is 12.6. The molecule has 6 heteroatoms. The molecule has 1 unspecified atom stereocenters. The molecule has 0 aromatic heterocycles. The third kappa shape index (κ3) is 4.45. The second-order valence-electron chi connectivity index (χ2n) is 4.79.